The number of hydrogen-bond donors (Lipinski definition) is 0. The zero-order valence-electron chi connectivity index (χ0n) is 16.1. The molecular formula is C24H28O3. The van der Waals surface area contributed by atoms with E-state index in [0.717, 1.165) is 28.7 Å². The molecule has 2 aliphatic carbocycles. The van der Waals surface area contributed by atoms with E-state index in [1.54, 1.807) is 7.11 Å². The highest BCUT2D eigenvalue weighted by atomic mass is 16.5. The Kier molecular flexibility index (Phi) is 5.31. The Morgan fingerprint density at radius 3 is 2.15 bits per heavy atom. The molecular weight excluding hydrogens is 336 g/mol. The molecule has 0 bridgehead atoms. The van der Waals surface area contributed by atoms with Crippen molar-refractivity contribution in [2.45, 2.75) is 43.9 Å². The smallest absolute Gasteiger partial charge is 0.323 e. The summed E-state index contributed by atoms with van der Waals surface area (Å²) < 4.78 is 11.4. The van der Waals surface area contributed by atoms with Gasteiger partial charge in [0.2, 0.25) is 0 Å². The Labute approximate surface area is 161 Å². The van der Waals surface area contributed by atoms with Crippen LogP contribution in [0.1, 0.15) is 49.7 Å². The van der Waals surface area contributed by atoms with Crippen molar-refractivity contribution in [1.29, 1.82) is 0 Å². The van der Waals surface area contributed by atoms with Crippen LogP contribution < -0.4 is 0 Å². The molecule has 0 aliphatic heterocycles. The predicted molar refractivity (Wildman–Crippen MR) is 107 cm³/mol. The summed E-state index contributed by atoms with van der Waals surface area (Å²) in [7, 11) is 1.65. The number of ether oxygens (including phenoxy) is 2. The molecule has 142 valence electrons. The number of methoxy groups -OCH3 is 1. The van der Waals surface area contributed by atoms with Crippen LogP contribution in [0.5, 0.6) is 0 Å². The van der Waals surface area contributed by atoms with Gasteiger partial charge in [-0.3, -0.25) is 4.79 Å². The number of hydrogen-bond acceptors (Lipinski definition) is 3. The topological polar surface area (TPSA) is 35.5 Å². The van der Waals surface area contributed by atoms with Gasteiger partial charge >= 0.3 is 5.97 Å². The number of carbonyl (C=O) groups is 1. The zero-order chi connectivity index (χ0) is 18.7. The minimum Gasteiger partial charge on any atom is -0.465 e. The van der Waals surface area contributed by atoms with Crippen LogP contribution in [0.4, 0.5) is 0 Å². The highest BCUT2D eigenvalue weighted by molar-refractivity contribution is 5.98. The molecule has 0 amide bonds. The van der Waals surface area contributed by atoms with Gasteiger partial charge in [0.1, 0.15) is 5.41 Å². The first-order valence-electron chi connectivity index (χ1n) is 10.1. The van der Waals surface area contributed by atoms with Crippen LogP contribution >= 0.6 is 0 Å². The van der Waals surface area contributed by atoms with Crippen LogP contribution in [0.2, 0.25) is 0 Å². The third-order valence-corrected chi connectivity index (χ3v) is 6.26. The average molecular weight is 364 g/mol. The number of esters is 1. The Balaban J connectivity index is 1.61. The summed E-state index contributed by atoms with van der Waals surface area (Å²) in [5.41, 5.74) is 3.34. The van der Waals surface area contributed by atoms with E-state index in [9.17, 15) is 4.79 Å². The summed E-state index contributed by atoms with van der Waals surface area (Å²) >= 11 is 0. The zero-order valence-corrected chi connectivity index (χ0v) is 16.1. The molecule has 2 aromatic carbocycles. The van der Waals surface area contributed by atoms with Gasteiger partial charge in [0.05, 0.1) is 13.2 Å². The quantitative estimate of drug-likeness (QED) is 0.668. The highest BCUT2D eigenvalue weighted by Gasteiger charge is 2.50. The maximum Gasteiger partial charge on any atom is 0.323 e. The normalized spacial score (nSPS) is 18.0. The minimum atomic E-state index is -0.867. The van der Waals surface area contributed by atoms with Crippen molar-refractivity contribution in [2.75, 3.05) is 20.3 Å². The fourth-order valence-electron chi connectivity index (χ4n) is 4.89. The summed E-state index contributed by atoms with van der Waals surface area (Å²) in [6.45, 7) is 0.794. The molecule has 3 nitrogen and oxygen atoms in total. The van der Waals surface area contributed by atoms with Crippen molar-refractivity contribution in [3.8, 4) is 11.1 Å². The summed E-state index contributed by atoms with van der Waals surface area (Å²) in [5, 5.41) is 0. The number of benzene rings is 2. The van der Waals surface area contributed by atoms with E-state index in [1.807, 2.05) is 36.4 Å². The summed E-state index contributed by atoms with van der Waals surface area (Å²) in [6, 6.07) is 16.3. The summed E-state index contributed by atoms with van der Waals surface area (Å²) in [4.78, 5) is 13.4. The second kappa shape index (κ2) is 7.85. The van der Waals surface area contributed by atoms with Gasteiger partial charge in [0.25, 0.3) is 0 Å². The van der Waals surface area contributed by atoms with Crippen LogP contribution in [0, 0.1) is 5.92 Å². The van der Waals surface area contributed by atoms with E-state index in [2.05, 4.69) is 12.1 Å². The monoisotopic (exact) mass is 364 g/mol. The first-order chi connectivity index (χ1) is 13.3. The Morgan fingerprint density at radius 1 is 0.963 bits per heavy atom. The van der Waals surface area contributed by atoms with Gasteiger partial charge in [-0.05, 0) is 34.6 Å². The molecule has 27 heavy (non-hydrogen) atoms. The van der Waals surface area contributed by atoms with Gasteiger partial charge in [-0.1, -0.05) is 80.6 Å². The van der Waals surface area contributed by atoms with Crippen LogP contribution in [0.15, 0.2) is 48.5 Å². The molecule has 0 unspecified atom stereocenters. The first kappa shape index (κ1) is 18.2. The lowest BCUT2D eigenvalue weighted by atomic mass is 9.79. The van der Waals surface area contributed by atoms with Gasteiger partial charge in [-0.15, -0.1) is 0 Å². The van der Waals surface area contributed by atoms with Crippen molar-refractivity contribution < 1.29 is 14.3 Å². The molecule has 0 saturated heterocycles. The lowest BCUT2D eigenvalue weighted by molar-refractivity contribution is -0.151. The second-order valence-corrected chi connectivity index (χ2v) is 7.86. The molecule has 1 fully saturated rings. The van der Waals surface area contributed by atoms with Crippen LogP contribution in [0.3, 0.4) is 0 Å². The molecule has 0 aromatic heterocycles. The van der Waals surface area contributed by atoms with Gasteiger partial charge in [0.15, 0.2) is 0 Å². The van der Waals surface area contributed by atoms with Crippen molar-refractivity contribution in [3.63, 3.8) is 0 Å². The van der Waals surface area contributed by atoms with Gasteiger partial charge in [-0.2, -0.15) is 0 Å². The van der Waals surface area contributed by atoms with Gasteiger partial charge in [-0.25, -0.2) is 0 Å². The number of fused-ring (bicyclic) bond motifs is 3. The fourth-order valence-corrected chi connectivity index (χ4v) is 4.89. The predicted octanol–water partition coefficient (Wildman–Crippen LogP) is 5.11. The maximum atomic E-state index is 13.4. The van der Waals surface area contributed by atoms with E-state index in [0.29, 0.717) is 19.1 Å². The minimum absolute atomic E-state index is 0.183. The van der Waals surface area contributed by atoms with Crippen LogP contribution in [0.25, 0.3) is 11.1 Å². The van der Waals surface area contributed by atoms with E-state index in [1.165, 1.54) is 32.1 Å². The van der Waals surface area contributed by atoms with Crippen molar-refractivity contribution in [1.82, 2.24) is 0 Å². The van der Waals surface area contributed by atoms with Crippen molar-refractivity contribution in [3.05, 3.63) is 59.7 Å². The number of rotatable bonds is 6. The Bertz CT molecular complexity index is 759. The Morgan fingerprint density at radius 2 is 1.56 bits per heavy atom. The van der Waals surface area contributed by atoms with E-state index in [-0.39, 0.29) is 5.97 Å². The molecule has 0 spiro atoms. The van der Waals surface area contributed by atoms with Crippen LogP contribution in [-0.2, 0) is 19.7 Å². The molecule has 2 aromatic rings. The lowest BCUT2D eigenvalue weighted by Crippen LogP contribution is -2.41. The van der Waals surface area contributed by atoms with Crippen molar-refractivity contribution >= 4 is 5.97 Å². The first-order valence-corrected chi connectivity index (χ1v) is 10.1. The third kappa shape index (κ3) is 3.19. The fraction of sp³-hybridized carbons (Fsp3) is 0.458. The molecule has 0 heterocycles. The molecule has 3 heteroatoms. The summed E-state index contributed by atoms with van der Waals surface area (Å²) in [6.07, 6.45) is 7.48. The van der Waals surface area contributed by atoms with E-state index >= 15 is 0 Å². The van der Waals surface area contributed by atoms with E-state index < -0.39 is 5.41 Å². The molecule has 2 aliphatic rings. The van der Waals surface area contributed by atoms with E-state index in [4.69, 9.17) is 9.47 Å². The SMILES string of the molecule is COCC1(C(=O)OCCC2CCCCC2)c2ccccc2-c2ccccc21. The molecule has 0 atom stereocenters. The highest BCUT2D eigenvalue weighted by Crippen LogP contribution is 2.49. The molecule has 4 rings (SSSR count). The van der Waals surface area contributed by atoms with Crippen LogP contribution in [-0.4, -0.2) is 26.3 Å². The maximum absolute atomic E-state index is 13.4. The summed E-state index contributed by atoms with van der Waals surface area (Å²) in [5.74, 6) is 0.519. The molecule has 0 N–H and O–H groups in total. The van der Waals surface area contributed by atoms with Gasteiger partial charge in [0, 0.05) is 7.11 Å². The molecule has 0 radical (unpaired) electrons. The second-order valence-electron chi connectivity index (χ2n) is 7.86. The standard InChI is InChI=1S/C24H28O3/c1-26-17-24(23(25)27-16-15-18-9-3-2-4-10-18)21-13-7-5-11-19(21)20-12-6-8-14-22(20)24/h5-8,11-14,18H,2-4,9-10,15-17H2,1H3. The number of carbonyl (C=O) groups excluding carboxylic acids is 1. The average Bonchev–Trinajstić information content (AvgIpc) is 3.01. The Hall–Kier alpha value is -2.13. The lowest BCUT2D eigenvalue weighted by Gasteiger charge is -2.29. The molecule has 1 saturated carbocycles. The van der Waals surface area contributed by atoms with Gasteiger partial charge < -0.3 is 9.47 Å². The largest absolute Gasteiger partial charge is 0.465 e. The van der Waals surface area contributed by atoms with Crippen molar-refractivity contribution in [2.24, 2.45) is 5.92 Å². The third-order valence-electron chi connectivity index (χ3n) is 6.26.